The topological polar surface area (TPSA) is 18.5 Å². The molecule has 3 heteroatoms. The van der Waals surface area contributed by atoms with E-state index in [2.05, 4.69) is 115 Å². The van der Waals surface area contributed by atoms with E-state index >= 15 is 0 Å². The summed E-state index contributed by atoms with van der Waals surface area (Å²) in [7, 11) is -0.784. The van der Waals surface area contributed by atoms with Crippen molar-refractivity contribution >= 4 is 45.4 Å². The van der Waals surface area contributed by atoms with E-state index in [1.165, 1.54) is 32.1 Å². The van der Waals surface area contributed by atoms with Crippen molar-refractivity contribution in [3.05, 3.63) is 115 Å². The Morgan fingerprint density at radius 2 is 1.17 bits per heavy atom. The second-order valence-corrected chi connectivity index (χ2v) is 11.1. The fourth-order valence-electron chi connectivity index (χ4n) is 5.34. The zero-order valence-electron chi connectivity index (χ0n) is 18.7. The number of para-hydroxylation sites is 1. The highest BCUT2D eigenvalue weighted by Crippen LogP contribution is 2.54. The van der Waals surface area contributed by atoms with Crippen molar-refractivity contribution in [3.8, 4) is 34.1 Å². The van der Waals surface area contributed by atoms with Crippen LogP contribution in [-0.2, 0) is 0 Å². The second-order valence-electron chi connectivity index (χ2n) is 9.03. The summed E-state index contributed by atoms with van der Waals surface area (Å²) in [6.45, 7) is 0. The van der Waals surface area contributed by atoms with E-state index in [0.717, 1.165) is 39.5 Å². The smallest absolute Gasteiger partial charge is 0.143 e. The summed E-state index contributed by atoms with van der Waals surface area (Å²) in [5.74, 6) is 3.71. The second kappa shape index (κ2) is 7.18. The lowest BCUT2D eigenvalue weighted by Gasteiger charge is -2.35. The first-order chi connectivity index (χ1) is 17.3. The van der Waals surface area contributed by atoms with Crippen LogP contribution in [0.3, 0.4) is 0 Å². The van der Waals surface area contributed by atoms with Crippen LogP contribution in [0.15, 0.2) is 115 Å². The lowest BCUT2D eigenvalue weighted by Crippen LogP contribution is -2.32. The van der Waals surface area contributed by atoms with Crippen LogP contribution in [0.1, 0.15) is 0 Å². The Kier molecular flexibility index (Phi) is 3.94. The van der Waals surface area contributed by atoms with Gasteiger partial charge in [0.25, 0.3) is 0 Å². The Balaban J connectivity index is 1.40. The van der Waals surface area contributed by atoms with E-state index in [0.29, 0.717) is 0 Å². The van der Waals surface area contributed by atoms with E-state index in [9.17, 15) is 0 Å². The van der Waals surface area contributed by atoms with Gasteiger partial charge in [0.1, 0.15) is 23.0 Å². The van der Waals surface area contributed by atoms with Crippen LogP contribution in [0.25, 0.3) is 32.7 Å². The van der Waals surface area contributed by atoms with Gasteiger partial charge in [-0.05, 0) is 57.6 Å². The Morgan fingerprint density at radius 1 is 0.457 bits per heavy atom. The van der Waals surface area contributed by atoms with Gasteiger partial charge in [-0.2, -0.15) is 0 Å². The maximum atomic E-state index is 6.74. The molecule has 0 amide bonds. The van der Waals surface area contributed by atoms with Crippen LogP contribution in [0.5, 0.6) is 23.0 Å². The number of hydrogen-bond donors (Lipinski definition) is 0. The fourth-order valence-corrected chi connectivity index (χ4v) is 7.91. The van der Waals surface area contributed by atoms with Crippen molar-refractivity contribution in [2.24, 2.45) is 0 Å². The van der Waals surface area contributed by atoms with Crippen LogP contribution < -0.4 is 25.4 Å². The molecule has 8 rings (SSSR count). The Hall–Kier alpha value is -4.13. The molecule has 0 bridgehead atoms. The summed E-state index contributed by atoms with van der Waals surface area (Å²) in [6.07, 6.45) is 0. The maximum absolute atomic E-state index is 6.74. The SMILES string of the molecule is c1ccc2c(c1)Oc1cc(-c3ccc4ccccc4c3)cc3c1P2c1ccc2ccccc2c1O3. The highest BCUT2D eigenvalue weighted by molar-refractivity contribution is 7.80. The molecule has 2 heterocycles. The fraction of sp³-hybridized carbons (Fsp3) is 0. The summed E-state index contributed by atoms with van der Waals surface area (Å²) >= 11 is 0. The average molecular weight is 466 g/mol. The minimum Gasteiger partial charge on any atom is -0.456 e. The Bertz CT molecular complexity index is 1820. The first-order valence-electron chi connectivity index (χ1n) is 11.8. The molecule has 0 aromatic heterocycles. The molecular formula is C32H19O2P. The van der Waals surface area contributed by atoms with Crippen molar-refractivity contribution in [2.75, 3.05) is 0 Å². The van der Waals surface area contributed by atoms with Crippen LogP contribution in [0.2, 0.25) is 0 Å². The molecule has 164 valence electrons. The molecule has 2 aliphatic rings. The first kappa shape index (κ1) is 19.2. The van der Waals surface area contributed by atoms with E-state index in [4.69, 9.17) is 9.47 Å². The number of benzene rings is 6. The van der Waals surface area contributed by atoms with Gasteiger partial charge in [-0.1, -0.05) is 84.9 Å². The molecule has 2 aliphatic heterocycles. The van der Waals surface area contributed by atoms with E-state index < -0.39 is 7.92 Å². The molecule has 0 saturated carbocycles. The number of hydrogen-bond acceptors (Lipinski definition) is 2. The molecule has 0 fully saturated rings. The lowest BCUT2D eigenvalue weighted by atomic mass is 10.0. The van der Waals surface area contributed by atoms with Crippen molar-refractivity contribution in [1.29, 1.82) is 0 Å². The molecule has 0 N–H and O–H groups in total. The molecule has 1 unspecified atom stereocenters. The first-order valence-corrected chi connectivity index (χ1v) is 13.1. The van der Waals surface area contributed by atoms with Crippen LogP contribution in [-0.4, -0.2) is 0 Å². The van der Waals surface area contributed by atoms with Crippen molar-refractivity contribution in [1.82, 2.24) is 0 Å². The van der Waals surface area contributed by atoms with Crippen LogP contribution in [0.4, 0.5) is 0 Å². The third-order valence-electron chi connectivity index (χ3n) is 6.98. The zero-order chi connectivity index (χ0) is 22.9. The van der Waals surface area contributed by atoms with Gasteiger partial charge < -0.3 is 9.47 Å². The van der Waals surface area contributed by atoms with Crippen molar-refractivity contribution < 1.29 is 9.47 Å². The predicted octanol–water partition coefficient (Wildman–Crippen LogP) is 7.63. The summed E-state index contributed by atoms with van der Waals surface area (Å²) < 4.78 is 13.3. The third kappa shape index (κ3) is 2.81. The van der Waals surface area contributed by atoms with Gasteiger partial charge in [-0.15, -0.1) is 0 Å². The minimum absolute atomic E-state index is 0.784. The van der Waals surface area contributed by atoms with Gasteiger partial charge in [0.2, 0.25) is 0 Å². The quantitative estimate of drug-likeness (QED) is 0.232. The van der Waals surface area contributed by atoms with E-state index in [-0.39, 0.29) is 0 Å². The molecule has 35 heavy (non-hydrogen) atoms. The molecule has 0 aliphatic carbocycles. The van der Waals surface area contributed by atoms with Gasteiger partial charge in [0.15, 0.2) is 0 Å². The Labute approximate surface area is 204 Å². The van der Waals surface area contributed by atoms with Gasteiger partial charge in [-0.25, -0.2) is 0 Å². The Morgan fingerprint density at radius 3 is 2.09 bits per heavy atom. The maximum Gasteiger partial charge on any atom is 0.143 e. The number of fused-ring (bicyclic) bond motifs is 7. The number of ether oxygens (including phenoxy) is 2. The largest absolute Gasteiger partial charge is 0.456 e. The molecule has 0 radical (unpaired) electrons. The summed E-state index contributed by atoms with van der Waals surface area (Å²) in [5, 5.41) is 8.47. The standard InChI is InChI=1S/C32H19O2P/c1-2-9-22-17-23(14-13-20(22)7-1)24-18-27-32-28(19-24)34-31-25-10-4-3-8-21(25)15-16-30(31)35(32)29-12-6-5-11-26(29)33-27/h1-19H. The van der Waals surface area contributed by atoms with E-state index in [1.807, 2.05) is 0 Å². The molecule has 6 aromatic carbocycles. The van der Waals surface area contributed by atoms with Gasteiger partial charge in [0, 0.05) is 23.9 Å². The lowest BCUT2D eigenvalue weighted by molar-refractivity contribution is 0.469. The van der Waals surface area contributed by atoms with Crippen LogP contribution in [0, 0.1) is 0 Å². The molecule has 2 nitrogen and oxygen atoms in total. The highest BCUT2D eigenvalue weighted by Gasteiger charge is 2.37. The van der Waals surface area contributed by atoms with E-state index in [1.54, 1.807) is 0 Å². The zero-order valence-corrected chi connectivity index (χ0v) is 19.6. The molecule has 0 spiro atoms. The van der Waals surface area contributed by atoms with Gasteiger partial charge >= 0.3 is 0 Å². The minimum atomic E-state index is -0.784. The molecule has 0 saturated heterocycles. The van der Waals surface area contributed by atoms with Gasteiger partial charge in [0.05, 0.1) is 5.30 Å². The average Bonchev–Trinajstić information content (AvgIpc) is 2.92. The highest BCUT2D eigenvalue weighted by atomic mass is 31.1. The molecule has 1 atom stereocenters. The van der Waals surface area contributed by atoms with Crippen molar-refractivity contribution in [3.63, 3.8) is 0 Å². The number of rotatable bonds is 1. The monoisotopic (exact) mass is 466 g/mol. The third-order valence-corrected chi connectivity index (χ3v) is 9.56. The summed E-state index contributed by atoms with van der Waals surface area (Å²) in [4.78, 5) is 0. The van der Waals surface area contributed by atoms with Crippen LogP contribution >= 0.6 is 7.92 Å². The van der Waals surface area contributed by atoms with Crippen molar-refractivity contribution in [2.45, 2.75) is 0 Å². The molecular weight excluding hydrogens is 447 g/mol. The normalized spacial score (nSPS) is 15.0. The predicted molar refractivity (Wildman–Crippen MR) is 146 cm³/mol. The van der Waals surface area contributed by atoms with Gasteiger partial charge in [-0.3, -0.25) is 0 Å². The summed E-state index contributed by atoms with van der Waals surface area (Å²) in [6, 6.07) is 40.8. The molecule has 6 aromatic rings. The summed E-state index contributed by atoms with van der Waals surface area (Å²) in [5.41, 5.74) is 2.25.